The van der Waals surface area contributed by atoms with Gasteiger partial charge in [0.2, 0.25) is 0 Å². The van der Waals surface area contributed by atoms with E-state index in [2.05, 4.69) is 103 Å². The van der Waals surface area contributed by atoms with Crippen LogP contribution in [0.1, 0.15) is 83.9 Å². The van der Waals surface area contributed by atoms with Crippen molar-refractivity contribution in [1.82, 2.24) is 5.32 Å². The van der Waals surface area contributed by atoms with Crippen LogP contribution in [-0.4, -0.2) is 11.3 Å². The lowest BCUT2D eigenvalue weighted by Gasteiger charge is -2.27. The highest BCUT2D eigenvalue weighted by atomic mass is 31.1. The maximum atomic E-state index is 3.75. The molecule has 0 aliphatic carbocycles. The van der Waals surface area contributed by atoms with Crippen molar-refractivity contribution >= 4 is 13.6 Å². The minimum Gasteiger partial charge on any atom is -0.355 e. The molecular weight excluding hydrogens is 333 g/mol. The van der Waals surface area contributed by atoms with Crippen LogP contribution in [-0.2, 0) is 0 Å². The average molecular weight is 370 g/mol. The number of rotatable bonds is 6. The molecule has 1 aliphatic heterocycles. The second-order valence-electron chi connectivity index (χ2n) is 8.40. The van der Waals surface area contributed by atoms with Crippen LogP contribution in [0.15, 0.2) is 47.9 Å². The molecule has 2 rings (SSSR count). The second-order valence-corrected chi connectivity index (χ2v) is 11.6. The molecule has 0 bridgehead atoms. The molecule has 1 heterocycles. The summed E-state index contributed by atoms with van der Waals surface area (Å²) in [7, 11) is -0.133. The molecule has 0 fully saturated rings. The summed E-state index contributed by atoms with van der Waals surface area (Å²) in [5.41, 5.74) is 8.16. The number of allylic oxidation sites excluding steroid dienone is 3. The van der Waals surface area contributed by atoms with Crippen molar-refractivity contribution in [2.45, 2.75) is 78.5 Å². The van der Waals surface area contributed by atoms with Gasteiger partial charge in [0, 0.05) is 17.0 Å². The highest BCUT2D eigenvalue weighted by Gasteiger charge is 2.20. The Balaban J connectivity index is 2.45. The van der Waals surface area contributed by atoms with E-state index < -0.39 is 0 Å². The van der Waals surface area contributed by atoms with E-state index in [0.717, 1.165) is 0 Å². The number of hydrogen-bond donors (Lipinski definition) is 1. The fraction of sp³-hybridized carbons (Fsp3) is 0.500. The van der Waals surface area contributed by atoms with E-state index in [-0.39, 0.29) is 7.92 Å². The molecule has 0 radical (unpaired) electrons. The predicted molar refractivity (Wildman–Crippen MR) is 120 cm³/mol. The Hall–Kier alpha value is -1.33. The molecule has 0 unspecified atom stereocenters. The van der Waals surface area contributed by atoms with Crippen LogP contribution in [0.5, 0.6) is 0 Å². The van der Waals surface area contributed by atoms with Crippen LogP contribution in [0, 0.1) is 0 Å². The first-order valence-corrected chi connectivity index (χ1v) is 11.5. The minimum absolute atomic E-state index is 0.133. The van der Waals surface area contributed by atoms with Gasteiger partial charge in [-0.3, -0.25) is 0 Å². The third-order valence-corrected chi connectivity index (χ3v) is 7.90. The van der Waals surface area contributed by atoms with Gasteiger partial charge in [-0.2, -0.15) is 0 Å². The maximum Gasteiger partial charge on any atom is 0.0463 e. The first-order chi connectivity index (χ1) is 12.2. The summed E-state index contributed by atoms with van der Waals surface area (Å²) in [6.45, 7) is 18.5. The zero-order chi connectivity index (χ0) is 19.4. The molecule has 0 spiro atoms. The molecular formula is C24H36NP. The van der Waals surface area contributed by atoms with E-state index in [1.807, 2.05) is 0 Å². The van der Waals surface area contributed by atoms with Gasteiger partial charge in [0.25, 0.3) is 0 Å². The van der Waals surface area contributed by atoms with Crippen molar-refractivity contribution in [2.24, 2.45) is 0 Å². The monoisotopic (exact) mass is 369 g/mol. The number of hydrogen-bond acceptors (Lipinski definition) is 1. The van der Waals surface area contributed by atoms with Crippen LogP contribution in [0.25, 0.3) is 5.70 Å². The first-order valence-electron chi connectivity index (χ1n) is 10.00. The van der Waals surface area contributed by atoms with Gasteiger partial charge < -0.3 is 5.32 Å². The van der Waals surface area contributed by atoms with Gasteiger partial charge in [0.15, 0.2) is 0 Å². The zero-order valence-electron chi connectivity index (χ0n) is 17.8. The van der Waals surface area contributed by atoms with Crippen LogP contribution in [0.2, 0.25) is 0 Å². The lowest BCUT2D eigenvalue weighted by molar-refractivity contribution is 0.823. The van der Waals surface area contributed by atoms with Gasteiger partial charge in [0.05, 0.1) is 0 Å². The van der Waals surface area contributed by atoms with E-state index in [9.17, 15) is 0 Å². The molecule has 1 aromatic rings. The molecule has 0 atom stereocenters. The maximum absolute atomic E-state index is 3.75. The van der Waals surface area contributed by atoms with Crippen LogP contribution in [0.4, 0.5) is 0 Å². The van der Waals surface area contributed by atoms with Crippen molar-refractivity contribution in [3.8, 4) is 0 Å². The average Bonchev–Trinajstić information content (AvgIpc) is 2.58. The van der Waals surface area contributed by atoms with Crippen molar-refractivity contribution < 1.29 is 0 Å². The Morgan fingerprint density at radius 3 is 1.85 bits per heavy atom. The normalized spacial score (nSPS) is 16.3. The Morgan fingerprint density at radius 1 is 0.846 bits per heavy atom. The quantitative estimate of drug-likeness (QED) is 0.510. The lowest BCUT2D eigenvalue weighted by Crippen LogP contribution is -2.17. The minimum atomic E-state index is -0.133. The summed E-state index contributed by atoms with van der Waals surface area (Å²) in [6.07, 6.45) is 6.65. The molecule has 1 aromatic carbocycles. The van der Waals surface area contributed by atoms with Crippen LogP contribution < -0.4 is 5.32 Å². The van der Waals surface area contributed by atoms with E-state index in [1.54, 1.807) is 0 Å². The first kappa shape index (κ1) is 21.0. The Kier molecular flexibility index (Phi) is 7.30. The molecule has 2 heteroatoms. The van der Waals surface area contributed by atoms with Crippen LogP contribution in [0.3, 0.4) is 0 Å². The van der Waals surface area contributed by atoms with Crippen molar-refractivity contribution in [3.05, 3.63) is 64.6 Å². The highest BCUT2D eigenvalue weighted by molar-refractivity contribution is 7.62. The Labute approximate surface area is 162 Å². The topological polar surface area (TPSA) is 12.0 Å². The molecule has 0 amide bonds. The molecule has 26 heavy (non-hydrogen) atoms. The van der Waals surface area contributed by atoms with Crippen molar-refractivity contribution in [2.75, 3.05) is 0 Å². The van der Waals surface area contributed by atoms with E-state index in [4.69, 9.17) is 0 Å². The number of nitrogens with one attached hydrogen (secondary N) is 1. The fourth-order valence-electron chi connectivity index (χ4n) is 3.63. The van der Waals surface area contributed by atoms with Crippen molar-refractivity contribution in [3.63, 3.8) is 0 Å². The molecule has 0 aromatic heterocycles. The lowest BCUT2D eigenvalue weighted by atomic mass is 9.86. The summed E-state index contributed by atoms with van der Waals surface area (Å²) in [5, 5.41) is 3.75. The summed E-state index contributed by atoms with van der Waals surface area (Å²) in [5.74, 6) is 3.50. The Bertz CT molecular complexity index is 671. The molecule has 1 aliphatic rings. The van der Waals surface area contributed by atoms with Gasteiger partial charge >= 0.3 is 0 Å². The zero-order valence-corrected chi connectivity index (χ0v) is 18.7. The smallest absolute Gasteiger partial charge is 0.0463 e. The summed E-state index contributed by atoms with van der Waals surface area (Å²) < 4.78 is 0. The molecule has 142 valence electrons. The second kappa shape index (κ2) is 9.05. The number of benzene rings is 1. The van der Waals surface area contributed by atoms with Gasteiger partial charge in [-0.15, -0.1) is 0 Å². The van der Waals surface area contributed by atoms with Crippen molar-refractivity contribution in [1.29, 1.82) is 0 Å². The van der Waals surface area contributed by atoms with Gasteiger partial charge in [-0.1, -0.05) is 87.6 Å². The molecule has 1 nitrogen and oxygen atoms in total. The molecule has 0 saturated heterocycles. The van der Waals surface area contributed by atoms with E-state index >= 15 is 0 Å². The number of dihydropyridines is 1. The van der Waals surface area contributed by atoms with E-state index in [0.29, 0.717) is 23.2 Å². The van der Waals surface area contributed by atoms with Gasteiger partial charge in [-0.25, -0.2) is 0 Å². The fourth-order valence-corrected chi connectivity index (χ4v) is 5.89. The third kappa shape index (κ3) is 4.89. The standard InChI is InChI=1S/C24H36NP/c1-16(2)21-12-10-13-22(17(3)4)24(21)23-14-9-11-20(25-23)15-26(18(5)6)19(7)8/h9-19,25H,1-8H3/b20-15+. The van der Waals surface area contributed by atoms with Gasteiger partial charge in [-0.05, 0) is 52.2 Å². The van der Waals surface area contributed by atoms with Gasteiger partial charge in [0.1, 0.15) is 0 Å². The highest BCUT2D eigenvalue weighted by Crippen LogP contribution is 2.48. The summed E-state index contributed by atoms with van der Waals surface area (Å²) >= 11 is 0. The largest absolute Gasteiger partial charge is 0.355 e. The Morgan fingerprint density at radius 2 is 1.38 bits per heavy atom. The SMILES string of the molecule is CC(C)c1cccc(C(C)C)c1C1=CC=C/C(=C\P(C(C)C)C(C)C)N1. The predicted octanol–water partition coefficient (Wildman–Crippen LogP) is 7.57. The summed E-state index contributed by atoms with van der Waals surface area (Å²) in [4.78, 5) is 0. The third-order valence-electron chi connectivity index (χ3n) is 4.94. The van der Waals surface area contributed by atoms with E-state index in [1.165, 1.54) is 28.1 Å². The molecule has 0 saturated carbocycles. The van der Waals surface area contributed by atoms with Crippen LogP contribution >= 0.6 is 7.92 Å². The molecule has 1 N–H and O–H groups in total. The summed E-state index contributed by atoms with van der Waals surface area (Å²) in [6, 6.07) is 6.78.